The fraction of sp³-hybridized carbons (Fsp3) is 0.333. The zero-order chi connectivity index (χ0) is 14.5. The Balaban J connectivity index is 2.09. The number of pyridine rings is 1. The summed E-state index contributed by atoms with van der Waals surface area (Å²) in [6, 6.07) is 3.33. The van der Waals surface area contributed by atoms with Crippen molar-refractivity contribution in [3.05, 3.63) is 35.0 Å². The lowest BCUT2D eigenvalue weighted by atomic mass is 10.3. The van der Waals surface area contributed by atoms with E-state index in [0.717, 1.165) is 6.54 Å². The van der Waals surface area contributed by atoms with Crippen LogP contribution in [-0.2, 0) is 13.1 Å². The SMILES string of the molecule is CCn1cnnc1CNC(=O)c1nc(NC)ccc1Cl. The monoisotopic (exact) mass is 294 g/mol. The van der Waals surface area contributed by atoms with E-state index in [4.69, 9.17) is 11.6 Å². The molecule has 0 fully saturated rings. The number of aromatic nitrogens is 4. The van der Waals surface area contributed by atoms with Crippen LogP contribution in [0.15, 0.2) is 18.5 Å². The van der Waals surface area contributed by atoms with Crippen molar-refractivity contribution in [2.75, 3.05) is 12.4 Å². The number of nitrogens with one attached hydrogen (secondary N) is 2. The first-order valence-electron chi connectivity index (χ1n) is 6.15. The lowest BCUT2D eigenvalue weighted by Crippen LogP contribution is -2.26. The molecular formula is C12H15ClN6O. The molecule has 0 spiro atoms. The highest BCUT2D eigenvalue weighted by atomic mass is 35.5. The topological polar surface area (TPSA) is 84.7 Å². The van der Waals surface area contributed by atoms with E-state index in [1.54, 1.807) is 25.5 Å². The van der Waals surface area contributed by atoms with Crippen molar-refractivity contribution in [2.45, 2.75) is 20.0 Å². The molecule has 2 aromatic rings. The molecule has 0 aliphatic rings. The van der Waals surface area contributed by atoms with E-state index in [1.807, 2.05) is 11.5 Å². The van der Waals surface area contributed by atoms with Gasteiger partial charge in [0.15, 0.2) is 5.82 Å². The molecule has 2 rings (SSSR count). The summed E-state index contributed by atoms with van der Waals surface area (Å²) >= 11 is 5.98. The van der Waals surface area contributed by atoms with Crippen LogP contribution in [0.3, 0.4) is 0 Å². The summed E-state index contributed by atoms with van der Waals surface area (Å²) in [6.45, 7) is 2.99. The van der Waals surface area contributed by atoms with E-state index in [-0.39, 0.29) is 18.1 Å². The molecule has 0 saturated heterocycles. The molecule has 8 heteroatoms. The molecule has 0 aliphatic carbocycles. The van der Waals surface area contributed by atoms with Gasteiger partial charge in [-0.2, -0.15) is 0 Å². The molecule has 0 saturated carbocycles. The van der Waals surface area contributed by atoms with E-state index in [0.29, 0.717) is 16.7 Å². The molecule has 20 heavy (non-hydrogen) atoms. The predicted molar refractivity (Wildman–Crippen MR) is 75.7 cm³/mol. The van der Waals surface area contributed by atoms with Crippen molar-refractivity contribution in [2.24, 2.45) is 0 Å². The minimum Gasteiger partial charge on any atom is -0.373 e. The average Bonchev–Trinajstić information content (AvgIpc) is 2.92. The Bertz CT molecular complexity index is 612. The van der Waals surface area contributed by atoms with Crippen LogP contribution in [0.5, 0.6) is 0 Å². The highest BCUT2D eigenvalue weighted by Gasteiger charge is 2.14. The number of carbonyl (C=O) groups excluding carboxylic acids is 1. The van der Waals surface area contributed by atoms with Gasteiger partial charge in [-0.3, -0.25) is 4.79 Å². The molecule has 2 aromatic heterocycles. The molecule has 0 radical (unpaired) electrons. The van der Waals surface area contributed by atoms with Crippen molar-refractivity contribution in [3.8, 4) is 0 Å². The van der Waals surface area contributed by atoms with Crippen LogP contribution >= 0.6 is 11.6 Å². The maximum absolute atomic E-state index is 12.1. The third kappa shape index (κ3) is 3.05. The lowest BCUT2D eigenvalue weighted by molar-refractivity contribution is 0.0945. The Hall–Kier alpha value is -2.15. The summed E-state index contributed by atoms with van der Waals surface area (Å²) in [5.74, 6) is 0.913. The smallest absolute Gasteiger partial charge is 0.271 e. The van der Waals surface area contributed by atoms with E-state index in [9.17, 15) is 4.79 Å². The Morgan fingerprint density at radius 3 is 2.95 bits per heavy atom. The minimum absolute atomic E-state index is 0.182. The molecule has 1 amide bonds. The van der Waals surface area contributed by atoms with Crippen LogP contribution in [0, 0.1) is 0 Å². The van der Waals surface area contributed by atoms with Gasteiger partial charge in [0.2, 0.25) is 0 Å². The number of carbonyl (C=O) groups is 1. The van der Waals surface area contributed by atoms with E-state index < -0.39 is 0 Å². The number of aryl methyl sites for hydroxylation is 1. The first-order chi connectivity index (χ1) is 9.65. The molecule has 0 aromatic carbocycles. The van der Waals surface area contributed by atoms with Crippen LogP contribution in [0.25, 0.3) is 0 Å². The first kappa shape index (κ1) is 14.3. The van der Waals surface area contributed by atoms with Crippen molar-refractivity contribution in [1.82, 2.24) is 25.1 Å². The summed E-state index contributed by atoms with van der Waals surface area (Å²) in [5, 5.41) is 13.6. The summed E-state index contributed by atoms with van der Waals surface area (Å²) in [7, 11) is 1.72. The normalized spacial score (nSPS) is 10.3. The average molecular weight is 295 g/mol. The lowest BCUT2D eigenvalue weighted by Gasteiger charge is -2.08. The maximum Gasteiger partial charge on any atom is 0.271 e. The van der Waals surface area contributed by atoms with Crippen molar-refractivity contribution >= 4 is 23.3 Å². The second-order valence-corrected chi connectivity index (χ2v) is 4.40. The van der Waals surface area contributed by atoms with Crippen molar-refractivity contribution in [1.29, 1.82) is 0 Å². The van der Waals surface area contributed by atoms with Crippen LogP contribution in [0.2, 0.25) is 5.02 Å². The molecule has 106 valence electrons. The largest absolute Gasteiger partial charge is 0.373 e. The van der Waals surface area contributed by atoms with E-state index in [2.05, 4.69) is 25.8 Å². The maximum atomic E-state index is 12.1. The van der Waals surface area contributed by atoms with Gasteiger partial charge in [0.25, 0.3) is 5.91 Å². The van der Waals surface area contributed by atoms with Crippen molar-refractivity contribution in [3.63, 3.8) is 0 Å². The van der Waals surface area contributed by atoms with Crippen molar-refractivity contribution < 1.29 is 4.79 Å². The number of hydrogen-bond acceptors (Lipinski definition) is 5. The highest BCUT2D eigenvalue weighted by molar-refractivity contribution is 6.33. The Kier molecular flexibility index (Phi) is 4.52. The first-order valence-corrected chi connectivity index (χ1v) is 6.52. The zero-order valence-corrected chi connectivity index (χ0v) is 12.0. The van der Waals surface area contributed by atoms with Gasteiger partial charge in [-0.05, 0) is 19.1 Å². The van der Waals surface area contributed by atoms with Gasteiger partial charge in [-0.1, -0.05) is 11.6 Å². The molecule has 7 nitrogen and oxygen atoms in total. The van der Waals surface area contributed by atoms with Gasteiger partial charge in [0.1, 0.15) is 17.8 Å². The number of anilines is 1. The second-order valence-electron chi connectivity index (χ2n) is 3.99. The summed E-state index contributed by atoms with van der Waals surface area (Å²) < 4.78 is 1.85. The van der Waals surface area contributed by atoms with Crippen LogP contribution in [-0.4, -0.2) is 32.7 Å². The van der Waals surface area contributed by atoms with Crippen LogP contribution in [0.1, 0.15) is 23.2 Å². The highest BCUT2D eigenvalue weighted by Crippen LogP contribution is 2.16. The van der Waals surface area contributed by atoms with Crippen LogP contribution in [0.4, 0.5) is 5.82 Å². The molecule has 2 N–H and O–H groups in total. The van der Waals surface area contributed by atoms with Gasteiger partial charge in [0.05, 0.1) is 11.6 Å². The fourth-order valence-electron chi connectivity index (χ4n) is 1.66. The van der Waals surface area contributed by atoms with E-state index in [1.165, 1.54) is 0 Å². The number of amides is 1. The standard InChI is InChI=1S/C12H15ClN6O/c1-3-19-7-16-18-10(19)6-15-12(20)11-8(13)4-5-9(14-2)17-11/h4-5,7H,3,6H2,1-2H3,(H,14,17)(H,15,20). The van der Waals surface area contributed by atoms with Gasteiger partial charge in [-0.25, -0.2) is 4.98 Å². The minimum atomic E-state index is -0.349. The molecule has 2 heterocycles. The number of rotatable bonds is 5. The third-order valence-corrected chi connectivity index (χ3v) is 3.07. The Morgan fingerprint density at radius 1 is 1.45 bits per heavy atom. The second kappa shape index (κ2) is 6.33. The summed E-state index contributed by atoms with van der Waals surface area (Å²) in [5.41, 5.74) is 0.182. The fourth-order valence-corrected chi connectivity index (χ4v) is 1.85. The molecule has 0 bridgehead atoms. The Morgan fingerprint density at radius 2 is 2.25 bits per heavy atom. The van der Waals surface area contributed by atoms with Crippen LogP contribution < -0.4 is 10.6 Å². The number of halogens is 1. The quantitative estimate of drug-likeness (QED) is 0.869. The van der Waals surface area contributed by atoms with Gasteiger partial charge >= 0.3 is 0 Å². The number of hydrogen-bond donors (Lipinski definition) is 2. The van der Waals surface area contributed by atoms with E-state index >= 15 is 0 Å². The summed E-state index contributed by atoms with van der Waals surface area (Å²) in [6.07, 6.45) is 1.62. The Labute approximate surface area is 121 Å². The summed E-state index contributed by atoms with van der Waals surface area (Å²) in [4.78, 5) is 16.2. The molecule has 0 aliphatic heterocycles. The molecule has 0 unspecified atom stereocenters. The molecular weight excluding hydrogens is 280 g/mol. The predicted octanol–water partition coefficient (Wildman–Crippen LogP) is 1.32. The van der Waals surface area contributed by atoms with Gasteiger partial charge in [0, 0.05) is 13.6 Å². The third-order valence-electron chi connectivity index (χ3n) is 2.76. The number of nitrogens with zero attached hydrogens (tertiary/aromatic N) is 4. The van der Waals surface area contributed by atoms with Gasteiger partial charge < -0.3 is 15.2 Å². The van der Waals surface area contributed by atoms with Gasteiger partial charge in [-0.15, -0.1) is 10.2 Å². The molecule has 0 atom stereocenters. The zero-order valence-electron chi connectivity index (χ0n) is 11.2.